The van der Waals surface area contributed by atoms with Crippen molar-refractivity contribution in [3.05, 3.63) is 47.3 Å². The van der Waals surface area contributed by atoms with Crippen LogP contribution in [0.3, 0.4) is 0 Å². The molecule has 0 aliphatic rings. The molecule has 1 N–H and O–H groups in total. The summed E-state index contributed by atoms with van der Waals surface area (Å²) in [5, 5.41) is 12.6. The van der Waals surface area contributed by atoms with E-state index in [9.17, 15) is 8.42 Å². The van der Waals surface area contributed by atoms with Gasteiger partial charge in [0.15, 0.2) is 5.76 Å². The Morgan fingerprint density at radius 3 is 2.54 bits per heavy atom. The largest absolute Gasteiger partial charge is 0.368 e. The molecule has 1 aromatic heterocycles. The zero-order chi connectivity index (χ0) is 17.8. The van der Waals surface area contributed by atoms with Crippen LogP contribution in [0.25, 0.3) is 0 Å². The number of hydrogen-bond donors (Lipinski definition) is 1. The lowest BCUT2D eigenvalue weighted by atomic mass is 10.2. The molecule has 0 unspecified atom stereocenters. The Labute approximate surface area is 141 Å². The number of benzene rings is 1. The van der Waals surface area contributed by atoms with Gasteiger partial charge in [0.1, 0.15) is 6.61 Å². The predicted octanol–water partition coefficient (Wildman–Crippen LogP) is 2.34. The fraction of sp³-hybridized carbons (Fsp3) is 0.375. The second-order valence-electron chi connectivity index (χ2n) is 6.15. The molecule has 1 heterocycles. The van der Waals surface area contributed by atoms with Crippen LogP contribution in [0.15, 0.2) is 39.8 Å². The van der Waals surface area contributed by atoms with E-state index in [0.29, 0.717) is 17.0 Å². The zero-order valence-electron chi connectivity index (χ0n) is 13.7. The summed E-state index contributed by atoms with van der Waals surface area (Å²) in [7, 11) is -3.68. The van der Waals surface area contributed by atoms with E-state index in [1.54, 1.807) is 6.07 Å². The summed E-state index contributed by atoms with van der Waals surface area (Å²) < 4.78 is 37.5. The number of sulfonamides is 1. The quantitative estimate of drug-likeness (QED) is 0.858. The highest BCUT2D eigenvalue weighted by Crippen LogP contribution is 2.14. The van der Waals surface area contributed by atoms with Crippen LogP contribution in [-0.4, -0.2) is 19.2 Å². The molecule has 128 valence electrons. The first-order valence-corrected chi connectivity index (χ1v) is 8.76. The molecule has 2 rings (SSSR count). The topological polar surface area (TPSA) is 105 Å². The Morgan fingerprint density at radius 2 is 1.96 bits per heavy atom. The van der Waals surface area contributed by atoms with Crippen LogP contribution in [0.4, 0.5) is 0 Å². The number of nitrogens with zero attached hydrogens (tertiary/aromatic N) is 2. The van der Waals surface area contributed by atoms with E-state index in [2.05, 4.69) is 9.88 Å². The van der Waals surface area contributed by atoms with Crippen LogP contribution in [0.2, 0.25) is 0 Å². The SMILES string of the molecule is CC(C)(C)OCc1cc(CNS(=O)(=O)c2ccc(C#N)cc2)no1. The van der Waals surface area contributed by atoms with Gasteiger partial charge >= 0.3 is 0 Å². The summed E-state index contributed by atoms with van der Waals surface area (Å²) >= 11 is 0. The Kier molecular flexibility index (Phi) is 5.39. The highest BCUT2D eigenvalue weighted by molar-refractivity contribution is 7.89. The van der Waals surface area contributed by atoms with E-state index in [-0.39, 0.29) is 23.6 Å². The number of nitrogens with one attached hydrogen (secondary N) is 1. The van der Waals surface area contributed by atoms with Gasteiger partial charge in [-0.2, -0.15) is 5.26 Å². The normalized spacial score (nSPS) is 12.1. The maximum atomic E-state index is 12.2. The van der Waals surface area contributed by atoms with Crippen molar-refractivity contribution in [2.45, 2.75) is 44.4 Å². The lowest BCUT2D eigenvalue weighted by molar-refractivity contribution is -0.0241. The molecule has 0 aliphatic carbocycles. The van der Waals surface area contributed by atoms with Gasteiger partial charge in [-0.25, -0.2) is 13.1 Å². The molecule has 2 aromatic rings. The van der Waals surface area contributed by atoms with Gasteiger partial charge in [-0.15, -0.1) is 0 Å². The van der Waals surface area contributed by atoms with E-state index in [1.165, 1.54) is 24.3 Å². The molecule has 0 saturated carbocycles. The maximum absolute atomic E-state index is 12.2. The molecule has 1 aromatic carbocycles. The van der Waals surface area contributed by atoms with Gasteiger partial charge in [0.25, 0.3) is 0 Å². The van der Waals surface area contributed by atoms with Crippen molar-refractivity contribution in [2.75, 3.05) is 0 Å². The van der Waals surface area contributed by atoms with E-state index in [0.717, 1.165) is 0 Å². The summed E-state index contributed by atoms with van der Waals surface area (Å²) in [4.78, 5) is 0.0845. The summed E-state index contributed by atoms with van der Waals surface area (Å²) in [6.45, 7) is 6.04. The highest BCUT2D eigenvalue weighted by atomic mass is 32.2. The van der Waals surface area contributed by atoms with Crippen molar-refractivity contribution < 1.29 is 17.7 Å². The van der Waals surface area contributed by atoms with E-state index in [4.69, 9.17) is 14.5 Å². The van der Waals surface area contributed by atoms with Crippen molar-refractivity contribution in [3.63, 3.8) is 0 Å². The van der Waals surface area contributed by atoms with Gasteiger partial charge in [0, 0.05) is 6.07 Å². The third-order valence-electron chi connectivity index (χ3n) is 2.99. The first-order chi connectivity index (χ1) is 11.2. The van der Waals surface area contributed by atoms with Crippen molar-refractivity contribution in [2.24, 2.45) is 0 Å². The summed E-state index contributed by atoms with van der Waals surface area (Å²) in [5.41, 5.74) is 0.554. The average Bonchev–Trinajstić information content (AvgIpc) is 2.99. The van der Waals surface area contributed by atoms with Crippen LogP contribution in [0, 0.1) is 11.3 Å². The van der Waals surface area contributed by atoms with Crippen LogP contribution in [-0.2, 0) is 27.9 Å². The summed E-state index contributed by atoms with van der Waals surface area (Å²) in [5.74, 6) is 0.525. The highest BCUT2D eigenvalue weighted by Gasteiger charge is 2.16. The minimum atomic E-state index is -3.68. The molecule has 0 bridgehead atoms. The van der Waals surface area contributed by atoms with Crippen LogP contribution >= 0.6 is 0 Å². The van der Waals surface area contributed by atoms with E-state index in [1.807, 2.05) is 26.8 Å². The van der Waals surface area contributed by atoms with Crippen LogP contribution < -0.4 is 4.72 Å². The molecule has 7 nitrogen and oxygen atoms in total. The Hall–Kier alpha value is -2.21. The van der Waals surface area contributed by atoms with Gasteiger partial charge in [0.2, 0.25) is 10.0 Å². The smallest absolute Gasteiger partial charge is 0.240 e. The van der Waals surface area contributed by atoms with Crippen LogP contribution in [0.5, 0.6) is 0 Å². The molecule has 0 atom stereocenters. The molecule has 24 heavy (non-hydrogen) atoms. The standard InChI is InChI=1S/C16H19N3O4S/c1-16(2,3)22-11-14-8-13(19-23-14)10-18-24(20,21)15-6-4-12(9-17)5-7-15/h4-8,18H,10-11H2,1-3H3. The lowest BCUT2D eigenvalue weighted by Crippen LogP contribution is -2.23. The molecule has 0 spiro atoms. The van der Waals surface area contributed by atoms with Crippen LogP contribution in [0.1, 0.15) is 37.8 Å². The molecule has 0 amide bonds. The Morgan fingerprint density at radius 1 is 1.29 bits per heavy atom. The van der Waals surface area contributed by atoms with E-state index >= 15 is 0 Å². The fourth-order valence-electron chi connectivity index (χ4n) is 1.76. The molecule has 0 aliphatic heterocycles. The first-order valence-electron chi connectivity index (χ1n) is 7.28. The third kappa shape index (κ3) is 5.16. The van der Waals surface area contributed by atoms with Gasteiger partial charge < -0.3 is 9.26 Å². The molecule has 0 radical (unpaired) electrons. The molecular formula is C16H19N3O4S. The van der Waals surface area contributed by atoms with Gasteiger partial charge in [-0.1, -0.05) is 5.16 Å². The van der Waals surface area contributed by atoms with Crippen molar-refractivity contribution in [1.82, 2.24) is 9.88 Å². The molecule has 0 saturated heterocycles. The van der Waals surface area contributed by atoms with Crippen molar-refractivity contribution >= 4 is 10.0 Å². The fourth-order valence-corrected chi connectivity index (χ4v) is 2.75. The number of nitriles is 1. The molecule has 8 heteroatoms. The van der Waals surface area contributed by atoms with Crippen molar-refractivity contribution in [1.29, 1.82) is 5.26 Å². The average molecular weight is 349 g/mol. The predicted molar refractivity (Wildman–Crippen MR) is 86.2 cm³/mol. The second-order valence-corrected chi connectivity index (χ2v) is 7.91. The number of ether oxygens (including phenoxy) is 1. The number of rotatable bonds is 6. The number of hydrogen-bond acceptors (Lipinski definition) is 6. The minimum Gasteiger partial charge on any atom is -0.368 e. The van der Waals surface area contributed by atoms with Gasteiger partial charge in [-0.3, -0.25) is 0 Å². The maximum Gasteiger partial charge on any atom is 0.240 e. The third-order valence-corrected chi connectivity index (χ3v) is 4.41. The summed E-state index contributed by atoms with van der Waals surface area (Å²) in [6, 6.07) is 9.25. The number of aromatic nitrogens is 1. The first kappa shape index (κ1) is 18.1. The minimum absolute atomic E-state index is 0.00134. The lowest BCUT2D eigenvalue weighted by Gasteiger charge is -2.17. The van der Waals surface area contributed by atoms with Crippen molar-refractivity contribution in [3.8, 4) is 6.07 Å². The second kappa shape index (κ2) is 7.13. The van der Waals surface area contributed by atoms with E-state index < -0.39 is 10.0 Å². The Balaban J connectivity index is 1.97. The molecular weight excluding hydrogens is 330 g/mol. The van der Waals surface area contributed by atoms with Gasteiger partial charge in [-0.05, 0) is 45.0 Å². The zero-order valence-corrected chi connectivity index (χ0v) is 14.6. The van der Waals surface area contributed by atoms with Gasteiger partial charge in [0.05, 0.1) is 34.4 Å². The Bertz CT molecular complexity index is 827. The monoisotopic (exact) mass is 349 g/mol. The molecule has 0 fully saturated rings. The summed E-state index contributed by atoms with van der Waals surface area (Å²) in [6.07, 6.45) is 0.